The number of ether oxygens (including phenoxy) is 1. The molecule has 3 aliphatic heterocycles. The van der Waals surface area contributed by atoms with Gasteiger partial charge in [0.25, 0.3) is 5.56 Å². The molecule has 2 aromatic rings. The molecular weight excluding hydrogens is 450 g/mol. The molecule has 0 saturated heterocycles. The third-order valence-corrected chi connectivity index (χ3v) is 6.86. The van der Waals surface area contributed by atoms with Crippen molar-refractivity contribution >= 4 is 23.4 Å². The van der Waals surface area contributed by atoms with Crippen molar-refractivity contribution in [3.8, 4) is 22.8 Å². The first-order valence-corrected chi connectivity index (χ1v) is 12.3. The maximum absolute atomic E-state index is 13.3. The summed E-state index contributed by atoms with van der Waals surface area (Å²) >= 11 is 1.36. The number of amides is 1. The number of nitrogens with one attached hydrogen (secondary N) is 1. The van der Waals surface area contributed by atoms with Crippen LogP contribution in [0, 0.1) is 0 Å². The highest BCUT2D eigenvalue weighted by Crippen LogP contribution is 2.31. The molecule has 0 bridgehead atoms. The standard InChI is InChI=1S/C25H25N5O3S/c1-33-20-14-8-7-12-18(20)26-21(31)16-34-25-27-23-22(19-13-6-3-9-15-29(19)25)24(32)30(28-23)17-10-4-2-5-11-17/h2,4-5,7-8,10-12,14H,3,6,9,13,15-16H2,1H3,(H,26,31). The molecule has 0 radical (unpaired) electrons. The van der Waals surface area contributed by atoms with Crippen LogP contribution in [0.2, 0.25) is 0 Å². The van der Waals surface area contributed by atoms with E-state index in [2.05, 4.69) is 15.0 Å². The van der Waals surface area contributed by atoms with Gasteiger partial charge in [0.1, 0.15) is 11.3 Å². The summed E-state index contributed by atoms with van der Waals surface area (Å²) < 4.78 is 8.85. The summed E-state index contributed by atoms with van der Waals surface area (Å²) in [6, 6.07) is 16.7. The van der Waals surface area contributed by atoms with Crippen molar-refractivity contribution in [2.75, 3.05) is 18.2 Å². The maximum atomic E-state index is 13.3. The molecule has 0 unspecified atom stereocenters. The molecule has 0 saturated carbocycles. The molecule has 0 aliphatic carbocycles. The summed E-state index contributed by atoms with van der Waals surface area (Å²) in [6.45, 7) is 0.769. The zero-order valence-corrected chi connectivity index (χ0v) is 19.7. The van der Waals surface area contributed by atoms with E-state index in [1.807, 2.05) is 42.5 Å². The Morgan fingerprint density at radius 3 is 2.71 bits per heavy atom. The van der Waals surface area contributed by atoms with E-state index in [9.17, 15) is 9.59 Å². The average molecular weight is 476 g/mol. The number of aromatic nitrogens is 4. The van der Waals surface area contributed by atoms with Gasteiger partial charge in [-0.05, 0) is 43.5 Å². The second-order valence-electron chi connectivity index (χ2n) is 8.09. The van der Waals surface area contributed by atoms with Gasteiger partial charge in [-0.1, -0.05) is 48.5 Å². The molecule has 3 aliphatic rings. The summed E-state index contributed by atoms with van der Waals surface area (Å²) in [5.41, 5.74) is 2.73. The van der Waals surface area contributed by atoms with Crippen LogP contribution < -0.4 is 15.6 Å². The Morgan fingerprint density at radius 2 is 1.88 bits per heavy atom. The summed E-state index contributed by atoms with van der Waals surface area (Å²) in [7, 11) is 1.57. The Bertz CT molecular complexity index is 1350. The van der Waals surface area contributed by atoms with Crippen molar-refractivity contribution in [1.29, 1.82) is 0 Å². The fourth-order valence-electron chi connectivity index (χ4n) is 4.27. The molecule has 0 atom stereocenters. The Balaban J connectivity index is 1.47. The lowest BCUT2D eigenvalue weighted by Crippen LogP contribution is -2.20. The minimum Gasteiger partial charge on any atom is -0.495 e. The molecule has 1 N–H and O–H groups in total. The lowest BCUT2D eigenvalue weighted by Gasteiger charge is -2.17. The fraction of sp³-hybridized carbons (Fsp3) is 0.280. The predicted molar refractivity (Wildman–Crippen MR) is 132 cm³/mol. The number of anilines is 1. The van der Waals surface area contributed by atoms with Crippen LogP contribution in [0.15, 0.2) is 64.5 Å². The molecular formula is C25H25N5O3S. The molecule has 2 aromatic carbocycles. The van der Waals surface area contributed by atoms with Crippen LogP contribution in [-0.2, 0) is 17.8 Å². The second kappa shape index (κ2) is 9.72. The van der Waals surface area contributed by atoms with E-state index >= 15 is 0 Å². The van der Waals surface area contributed by atoms with Gasteiger partial charge in [-0.25, -0.2) is 4.98 Å². The maximum Gasteiger partial charge on any atom is 0.284 e. The Kier molecular flexibility index (Phi) is 6.35. The molecule has 34 heavy (non-hydrogen) atoms. The second-order valence-corrected chi connectivity index (χ2v) is 9.03. The van der Waals surface area contributed by atoms with Crippen LogP contribution in [0.3, 0.4) is 0 Å². The molecule has 0 aromatic heterocycles. The highest BCUT2D eigenvalue weighted by atomic mass is 32.2. The smallest absolute Gasteiger partial charge is 0.284 e. The summed E-state index contributed by atoms with van der Waals surface area (Å²) in [4.78, 5) is 30.8. The summed E-state index contributed by atoms with van der Waals surface area (Å²) in [5, 5.41) is 8.16. The van der Waals surface area contributed by atoms with Gasteiger partial charge in [-0.3, -0.25) is 9.59 Å². The van der Waals surface area contributed by atoms with Crippen molar-refractivity contribution < 1.29 is 9.53 Å². The van der Waals surface area contributed by atoms with Gasteiger partial charge in [0, 0.05) is 12.2 Å². The zero-order valence-electron chi connectivity index (χ0n) is 18.9. The minimum atomic E-state index is -0.154. The molecule has 0 fully saturated rings. The number of hydrogen-bond donors (Lipinski definition) is 1. The van der Waals surface area contributed by atoms with Gasteiger partial charge >= 0.3 is 0 Å². The van der Waals surface area contributed by atoms with Gasteiger partial charge in [-0.15, -0.1) is 5.10 Å². The van der Waals surface area contributed by atoms with E-state index < -0.39 is 0 Å². The van der Waals surface area contributed by atoms with Crippen molar-refractivity contribution in [2.24, 2.45) is 0 Å². The molecule has 1 amide bonds. The van der Waals surface area contributed by atoms with Crippen molar-refractivity contribution in [3.05, 3.63) is 70.6 Å². The average Bonchev–Trinajstić information content (AvgIpc) is 3.03. The molecule has 9 heteroatoms. The lowest BCUT2D eigenvalue weighted by atomic mass is 10.1. The van der Waals surface area contributed by atoms with E-state index in [4.69, 9.17) is 9.72 Å². The zero-order chi connectivity index (χ0) is 23.5. The van der Waals surface area contributed by atoms with E-state index in [1.54, 1.807) is 19.2 Å². The van der Waals surface area contributed by atoms with E-state index in [0.29, 0.717) is 33.7 Å². The minimum absolute atomic E-state index is 0.148. The molecule has 3 heterocycles. The fourth-order valence-corrected chi connectivity index (χ4v) is 5.11. The Labute approximate surface area is 201 Å². The van der Waals surface area contributed by atoms with E-state index in [1.165, 1.54) is 16.4 Å². The van der Waals surface area contributed by atoms with Gasteiger partial charge in [0.2, 0.25) is 5.91 Å². The van der Waals surface area contributed by atoms with Crippen LogP contribution in [-0.4, -0.2) is 38.1 Å². The van der Waals surface area contributed by atoms with Gasteiger partial charge < -0.3 is 14.6 Å². The topological polar surface area (TPSA) is 91.0 Å². The van der Waals surface area contributed by atoms with E-state index in [-0.39, 0.29) is 17.2 Å². The van der Waals surface area contributed by atoms with Crippen LogP contribution in [0.1, 0.15) is 25.0 Å². The number of thioether (sulfide) groups is 1. The van der Waals surface area contributed by atoms with Crippen LogP contribution >= 0.6 is 11.8 Å². The van der Waals surface area contributed by atoms with E-state index in [0.717, 1.165) is 37.9 Å². The molecule has 5 rings (SSSR count). The monoisotopic (exact) mass is 475 g/mol. The number of nitrogens with zero attached hydrogens (tertiary/aromatic N) is 4. The van der Waals surface area contributed by atoms with Crippen molar-refractivity contribution in [2.45, 2.75) is 37.4 Å². The van der Waals surface area contributed by atoms with Crippen LogP contribution in [0.5, 0.6) is 5.75 Å². The largest absolute Gasteiger partial charge is 0.495 e. The number of carbonyl (C=O) groups is 1. The summed E-state index contributed by atoms with van der Waals surface area (Å²) in [6.07, 6.45) is 3.89. The third-order valence-electron chi connectivity index (χ3n) is 5.88. The van der Waals surface area contributed by atoms with Crippen LogP contribution in [0.4, 0.5) is 5.69 Å². The quantitative estimate of drug-likeness (QED) is 0.335. The summed E-state index contributed by atoms with van der Waals surface area (Å²) in [5.74, 6) is 1.06. The van der Waals surface area contributed by atoms with Crippen molar-refractivity contribution in [3.63, 3.8) is 0 Å². The Hall–Kier alpha value is -3.59. The predicted octanol–water partition coefficient (Wildman–Crippen LogP) is 4.00. The first-order valence-electron chi connectivity index (χ1n) is 11.3. The highest BCUT2D eigenvalue weighted by Gasteiger charge is 2.27. The van der Waals surface area contributed by atoms with Gasteiger partial charge in [-0.2, -0.15) is 4.68 Å². The first-order chi connectivity index (χ1) is 16.7. The lowest BCUT2D eigenvalue weighted by molar-refractivity contribution is -0.113. The third kappa shape index (κ3) is 4.31. The number of benzene rings is 2. The molecule has 8 nitrogen and oxygen atoms in total. The first kappa shape index (κ1) is 22.2. The van der Waals surface area contributed by atoms with Crippen molar-refractivity contribution in [1.82, 2.24) is 19.3 Å². The SMILES string of the molecule is COc1ccccc1NC(=O)CSc1nc2nn(-c3ccccc3)c(=O)c-2c2n1CCCCC2. The highest BCUT2D eigenvalue weighted by molar-refractivity contribution is 7.99. The number of fused-ring (bicyclic) bond motifs is 3. The number of carbonyl (C=O) groups excluding carboxylic acids is 1. The number of hydrogen-bond acceptors (Lipinski definition) is 6. The Morgan fingerprint density at radius 1 is 1.09 bits per heavy atom. The molecule has 0 spiro atoms. The van der Waals surface area contributed by atoms with Gasteiger partial charge in [0.05, 0.1) is 24.2 Å². The number of methoxy groups -OCH3 is 1. The molecule has 174 valence electrons. The van der Waals surface area contributed by atoms with Crippen LogP contribution in [0.25, 0.3) is 17.1 Å². The van der Waals surface area contributed by atoms with Gasteiger partial charge in [0.15, 0.2) is 11.0 Å². The number of rotatable bonds is 6. The number of para-hydroxylation sites is 3. The normalized spacial score (nSPS) is 13.3.